The smallest absolute Gasteiger partial charge is 0.225 e. The Labute approximate surface area is 89.4 Å². The van der Waals surface area contributed by atoms with Gasteiger partial charge in [-0.3, -0.25) is 0 Å². The first-order valence-electron chi connectivity index (χ1n) is 3.94. The first-order valence-corrected chi connectivity index (χ1v) is 4.35. The van der Waals surface area contributed by atoms with Crippen molar-refractivity contribution in [1.29, 1.82) is 5.26 Å². The molecule has 0 saturated carbocycles. The lowest BCUT2D eigenvalue weighted by Gasteiger charge is -2.18. The third-order valence-electron chi connectivity index (χ3n) is 1.90. The average molecular weight is 230 g/mol. The van der Waals surface area contributed by atoms with Crippen molar-refractivity contribution < 1.29 is 13.2 Å². The Morgan fingerprint density at radius 3 is 2.67 bits per heavy atom. The molecule has 2 nitrogen and oxygen atoms in total. The van der Waals surface area contributed by atoms with E-state index in [0.29, 0.717) is 0 Å². The van der Waals surface area contributed by atoms with Gasteiger partial charge in [-0.1, -0.05) is 6.08 Å². The van der Waals surface area contributed by atoms with Crippen molar-refractivity contribution in [2.45, 2.75) is 18.6 Å². The summed E-state index contributed by atoms with van der Waals surface area (Å²) in [6, 6.07) is 0.838. The molecule has 0 N–H and O–H groups in total. The van der Waals surface area contributed by atoms with E-state index >= 15 is 0 Å². The molecular formula is C9H5F3N2S. The molecule has 0 aromatic carbocycles. The lowest BCUT2D eigenvalue weighted by molar-refractivity contribution is -0.0948. The van der Waals surface area contributed by atoms with Crippen LogP contribution in [0.15, 0.2) is 28.3 Å². The van der Waals surface area contributed by atoms with E-state index in [2.05, 4.69) is 17.2 Å². The highest BCUT2D eigenvalue weighted by molar-refractivity contribution is 7.78. The fourth-order valence-electron chi connectivity index (χ4n) is 1.22. The molecule has 15 heavy (non-hydrogen) atoms. The van der Waals surface area contributed by atoms with Gasteiger partial charge in [-0.2, -0.15) is 18.4 Å². The minimum absolute atomic E-state index is 0.355. The zero-order chi connectivity index (χ0) is 11.5. The summed E-state index contributed by atoms with van der Waals surface area (Å²) in [6.45, 7) is 0. The first kappa shape index (κ1) is 11.6. The summed E-state index contributed by atoms with van der Waals surface area (Å²) in [7, 11) is 0. The van der Waals surface area contributed by atoms with Gasteiger partial charge in [0.15, 0.2) is 0 Å². The number of rotatable bonds is 1. The van der Waals surface area contributed by atoms with Gasteiger partial charge in [0.25, 0.3) is 0 Å². The second kappa shape index (κ2) is 4.39. The normalized spacial score (nSPS) is 20.8. The Bertz CT molecular complexity index is 408. The maximum Gasteiger partial charge on any atom is 0.414 e. The van der Waals surface area contributed by atoms with E-state index in [0.717, 1.165) is 6.08 Å². The van der Waals surface area contributed by atoms with Gasteiger partial charge < -0.3 is 0 Å². The molecule has 1 aliphatic rings. The van der Waals surface area contributed by atoms with E-state index in [-0.39, 0.29) is 12.0 Å². The van der Waals surface area contributed by atoms with E-state index < -0.39 is 17.8 Å². The molecule has 0 heterocycles. The molecule has 1 unspecified atom stereocenters. The van der Waals surface area contributed by atoms with Gasteiger partial charge in [0.05, 0.1) is 28.4 Å². The van der Waals surface area contributed by atoms with Gasteiger partial charge >= 0.3 is 6.18 Å². The van der Waals surface area contributed by atoms with Crippen LogP contribution in [0.5, 0.6) is 0 Å². The predicted molar refractivity (Wildman–Crippen MR) is 51.3 cm³/mol. The van der Waals surface area contributed by atoms with Crippen LogP contribution in [0.2, 0.25) is 0 Å². The fourth-order valence-corrected chi connectivity index (χ4v) is 1.36. The summed E-state index contributed by atoms with van der Waals surface area (Å²) in [6.07, 6.45) is -2.32. The summed E-state index contributed by atoms with van der Waals surface area (Å²) in [4.78, 5) is 3.55. The predicted octanol–water partition coefficient (Wildman–Crippen LogP) is 2.80. The zero-order valence-corrected chi connectivity index (χ0v) is 8.19. The SMILES string of the molecule is N#CC1=C(C(F)(F)F)CC(N=C=S)C=C1. The minimum atomic E-state index is -4.49. The Balaban J connectivity index is 3.08. The number of nitrogens with zero attached hydrogens (tertiary/aromatic N) is 2. The Morgan fingerprint density at radius 2 is 2.20 bits per heavy atom. The fraction of sp³-hybridized carbons (Fsp3) is 0.333. The Morgan fingerprint density at radius 1 is 1.53 bits per heavy atom. The number of thiocarbonyl (C=S) groups is 1. The highest BCUT2D eigenvalue weighted by Crippen LogP contribution is 2.35. The van der Waals surface area contributed by atoms with E-state index in [1.807, 2.05) is 5.16 Å². The molecule has 1 aliphatic carbocycles. The number of aliphatic imine (C=N–C) groups is 1. The van der Waals surface area contributed by atoms with Crippen LogP contribution in [0.4, 0.5) is 13.2 Å². The molecule has 0 aromatic heterocycles. The van der Waals surface area contributed by atoms with Crippen LogP contribution in [0.3, 0.4) is 0 Å². The summed E-state index contributed by atoms with van der Waals surface area (Å²) in [5, 5.41) is 10.5. The van der Waals surface area contributed by atoms with Crippen molar-refractivity contribution in [2.75, 3.05) is 0 Å². The highest BCUT2D eigenvalue weighted by atomic mass is 32.1. The molecule has 78 valence electrons. The second-order valence-corrected chi connectivity index (χ2v) is 3.04. The van der Waals surface area contributed by atoms with Gasteiger partial charge in [-0.25, -0.2) is 4.99 Å². The second-order valence-electron chi connectivity index (χ2n) is 2.85. The largest absolute Gasteiger partial charge is 0.414 e. The summed E-state index contributed by atoms with van der Waals surface area (Å²) in [5.41, 5.74) is -1.22. The van der Waals surface area contributed by atoms with E-state index in [9.17, 15) is 13.2 Å². The van der Waals surface area contributed by atoms with Crippen molar-refractivity contribution >= 4 is 17.4 Å². The Kier molecular flexibility index (Phi) is 3.40. The van der Waals surface area contributed by atoms with Crippen LogP contribution in [-0.4, -0.2) is 17.4 Å². The van der Waals surface area contributed by atoms with Crippen molar-refractivity contribution in [3.63, 3.8) is 0 Å². The topological polar surface area (TPSA) is 36.1 Å². The molecule has 0 aliphatic heterocycles. The molecule has 0 amide bonds. The molecule has 0 fully saturated rings. The number of hydrogen-bond acceptors (Lipinski definition) is 3. The quantitative estimate of drug-likeness (QED) is 0.513. The van der Waals surface area contributed by atoms with Crippen LogP contribution >= 0.6 is 12.2 Å². The van der Waals surface area contributed by atoms with Crippen LogP contribution < -0.4 is 0 Å². The highest BCUT2D eigenvalue weighted by Gasteiger charge is 2.38. The van der Waals surface area contributed by atoms with E-state index in [1.165, 1.54) is 12.1 Å². The number of halogens is 3. The first-order chi connectivity index (χ1) is 6.99. The molecule has 0 aromatic rings. The molecular weight excluding hydrogens is 225 g/mol. The third kappa shape index (κ3) is 2.75. The van der Waals surface area contributed by atoms with E-state index in [1.54, 1.807) is 0 Å². The lowest BCUT2D eigenvalue weighted by atomic mass is 9.95. The maximum absolute atomic E-state index is 12.5. The monoisotopic (exact) mass is 230 g/mol. The molecule has 1 atom stereocenters. The van der Waals surface area contributed by atoms with Crippen LogP contribution in [0.25, 0.3) is 0 Å². The van der Waals surface area contributed by atoms with Crippen LogP contribution in [0, 0.1) is 11.3 Å². The number of isothiocyanates is 1. The van der Waals surface area contributed by atoms with Crippen molar-refractivity contribution in [1.82, 2.24) is 0 Å². The summed E-state index contributed by atoms with van der Waals surface area (Å²) in [5.74, 6) is 0. The standard InChI is InChI=1S/C9H5F3N2S/c10-9(11,12)8-3-7(14-5-15)2-1-6(8)4-13/h1-2,7H,3H2. The number of allylic oxidation sites excluding steroid dienone is 2. The third-order valence-corrected chi connectivity index (χ3v) is 2.01. The van der Waals surface area contributed by atoms with Gasteiger partial charge in [-0.05, 0) is 18.3 Å². The molecule has 6 heteroatoms. The summed E-state index contributed by atoms with van der Waals surface area (Å²) < 4.78 is 37.4. The van der Waals surface area contributed by atoms with Crippen molar-refractivity contribution in [3.8, 4) is 6.07 Å². The molecule has 1 rings (SSSR count). The zero-order valence-electron chi connectivity index (χ0n) is 7.38. The number of nitriles is 1. The van der Waals surface area contributed by atoms with Crippen LogP contribution in [-0.2, 0) is 0 Å². The van der Waals surface area contributed by atoms with Crippen LogP contribution in [0.1, 0.15) is 6.42 Å². The van der Waals surface area contributed by atoms with Gasteiger partial charge in [0.1, 0.15) is 0 Å². The van der Waals surface area contributed by atoms with Crippen molar-refractivity contribution in [3.05, 3.63) is 23.3 Å². The number of hydrogen-bond donors (Lipinski definition) is 0. The van der Waals surface area contributed by atoms with Gasteiger partial charge in [0.2, 0.25) is 0 Å². The van der Waals surface area contributed by atoms with Gasteiger partial charge in [-0.15, -0.1) is 0 Å². The average Bonchev–Trinajstić information content (AvgIpc) is 2.17. The van der Waals surface area contributed by atoms with Crippen molar-refractivity contribution in [2.24, 2.45) is 4.99 Å². The molecule has 0 radical (unpaired) electrons. The maximum atomic E-state index is 12.5. The summed E-state index contributed by atoms with van der Waals surface area (Å²) >= 11 is 4.31. The molecule has 0 bridgehead atoms. The molecule has 0 spiro atoms. The minimum Gasteiger partial charge on any atom is -0.225 e. The van der Waals surface area contributed by atoms with E-state index in [4.69, 9.17) is 5.26 Å². The lowest BCUT2D eigenvalue weighted by Crippen LogP contribution is -2.20. The van der Waals surface area contributed by atoms with Gasteiger partial charge in [0, 0.05) is 6.42 Å². The Hall–Kier alpha value is -1.44. The molecule has 0 saturated heterocycles. The number of alkyl halides is 3.